The average Bonchev–Trinajstić information content (AvgIpc) is 3.07. The molecular formula is C19H27BFNO3. The molecule has 1 saturated carbocycles. The summed E-state index contributed by atoms with van der Waals surface area (Å²) < 4.78 is 26.2. The summed E-state index contributed by atoms with van der Waals surface area (Å²) in [6.07, 6.45) is 4.37. The third kappa shape index (κ3) is 3.90. The summed E-state index contributed by atoms with van der Waals surface area (Å²) in [7, 11) is -0.553. The first kappa shape index (κ1) is 18.4. The average molecular weight is 347 g/mol. The van der Waals surface area contributed by atoms with Crippen LogP contribution >= 0.6 is 0 Å². The maximum Gasteiger partial charge on any atom is 0.494 e. The van der Waals surface area contributed by atoms with Gasteiger partial charge in [0.15, 0.2) is 0 Å². The molecule has 1 aliphatic heterocycles. The zero-order chi connectivity index (χ0) is 18.2. The van der Waals surface area contributed by atoms with Crippen molar-refractivity contribution in [3.63, 3.8) is 0 Å². The quantitative estimate of drug-likeness (QED) is 0.852. The van der Waals surface area contributed by atoms with Crippen LogP contribution < -0.4 is 10.8 Å². The molecule has 1 heterocycles. The number of nitrogens with one attached hydrogen (secondary N) is 1. The van der Waals surface area contributed by atoms with E-state index in [0.717, 1.165) is 31.1 Å². The van der Waals surface area contributed by atoms with Gasteiger partial charge in [-0.1, -0.05) is 25.0 Å². The molecule has 0 aromatic heterocycles. The Kier molecular flexibility index (Phi) is 4.95. The van der Waals surface area contributed by atoms with Crippen LogP contribution in [-0.4, -0.2) is 30.3 Å². The molecule has 1 saturated heterocycles. The highest BCUT2D eigenvalue weighted by Crippen LogP contribution is 2.36. The van der Waals surface area contributed by atoms with Gasteiger partial charge in [-0.25, -0.2) is 4.39 Å². The fraction of sp³-hybridized carbons (Fsp3) is 0.632. The fourth-order valence-corrected chi connectivity index (χ4v) is 3.38. The van der Waals surface area contributed by atoms with Crippen molar-refractivity contribution in [1.29, 1.82) is 0 Å². The van der Waals surface area contributed by atoms with Crippen LogP contribution in [0, 0.1) is 5.82 Å². The van der Waals surface area contributed by atoms with Crippen LogP contribution in [0.1, 0.15) is 58.9 Å². The lowest BCUT2D eigenvalue weighted by Gasteiger charge is -2.32. The molecule has 0 bridgehead atoms. The molecule has 136 valence electrons. The maximum atomic E-state index is 14.2. The molecule has 25 heavy (non-hydrogen) atoms. The van der Waals surface area contributed by atoms with Gasteiger partial charge in [0.2, 0.25) is 5.91 Å². The number of halogens is 1. The van der Waals surface area contributed by atoms with Gasteiger partial charge in [-0.05, 0) is 57.6 Å². The van der Waals surface area contributed by atoms with Gasteiger partial charge < -0.3 is 14.6 Å². The minimum atomic E-state index is -0.553. The summed E-state index contributed by atoms with van der Waals surface area (Å²) in [6, 6.07) is 4.97. The Balaban J connectivity index is 1.71. The molecule has 0 atom stereocenters. The first-order valence-electron chi connectivity index (χ1n) is 9.11. The third-order valence-electron chi connectivity index (χ3n) is 5.67. The Hall–Kier alpha value is -1.40. The van der Waals surface area contributed by atoms with E-state index in [2.05, 4.69) is 5.32 Å². The zero-order valence-corrected chi connectivity index (χ0v) is 15.5. The van der Waals surface area contributed by atoms with Gasteiger partial charge in [-0.3, -0.25) is 4.79 Å². The normalized spacial score (nSPS) is 22.4. The smallest absolute Gasteiger partial charge is 0.399 e. The topological polar surface area (TPSA) is 47.6 Å². The molecule has 2 aliphatic rings. The van der Waals surface area contributed by atoms with Crippen LogP contribution in [0.15, 0.2) is 18.2 Å². The predicted octanol–water partition coefficient (Wildman–Crippen LogP) is 2.73. The molecule has 1 N–H and O–H groups in total. The number of rotatable bonds is 4. The van der Waals surface area contributed by atoms with Crippen molar-refractivity contribution in [2.75, 3.05) is 0 Å². The minimum absolute atomic E-state index is 0.0374. The van der Waals surface area contributed by atoms with E-state index in [-0.39, 0.29) is 24.2 Å². The number of benzene rings is 1. The highest BCUT2D eigenvalue weighted by atomic mass is 19.1. The van der Waals surface area contributed by atoms with Crippen LogP contribution in [0.3, 0.4) is 0 Å². The largest absolute Gasteiger partial charge is 0.494 e. The number of hydrogen-bond acceptors (Lipinski definition) is 3. The zero-order valence-electron chi connectivity index (χ0n) is 15.5. The van der Waals surface area contributed by atoms with Crippen molar-refractivity contribution in [1.82, 2.24) is 5.32 Å². The van der Waals surface area contributed by atoms with Crippen LogP contribution in [0.5, 0.6) is 0 Å². The SMILES string of the molecule is CC1(C)OB(c2ccc(F)c(CC(=O)NC3CCCC3)c2)OC1(C)C. The molecule has 1 aromatic rings. The van der Waals surface area contributed by atoms with Crippen molar-refractivity contribution in [3.8, 4) is 0 Å². The Morgan fingerprint density at radius 1 is 1.20 bits per heavy atom. The second-order valence-corrected chi connectivity index (χ2v) is 8.16. The van der Waals surface area contributed by atoms with Crippen molar-refractivity contribution in [3.05, 3.63) is 29.6 Å². The lowest BCUT2D eigenvalue weighted by molar-refractivity contribution is -0.121. The maximum absolute atomic E-state index is 14.2. The fourth-order valence-electron chi connectivity index (χ4n) is 3.38. The minimum Gasteiger partial charge on any atom is -0.399 e. The van der Waals surface area contributed by atoms with Crippen molar-refractivity contribution >= 4 is 18.5 Å². The summed E-state index contributed by atoms with van der Waals surface area (Å²) in [5.41, 5.74) is 0.212. The van der Waals surface area contributed by atoms with E-state index in [4.69, 9.17) is 9.31 Å². The molecule has 4 nitrogen and oxygen atoms in total. The summed E-state index contributed by atoms with van der Waals surface area (Å²) in [4.78, 5) is 12.2. The third-order valence-corrected chi connectivity index (χ3v) is 5.67. The molecule has 6 heteroatoms. The molecule has 1 amide bonds. The van der Waals surface area contributed by atoms with Crippen molar-refractivity contribution in [2.45, 2.75) is 77.0 Å². The van der Waals surface area contributed by atoms with E-state index in [1.165, 1.54) is 6.07 Å². The van der Waals surface area contributed by atoms with Gasteiger partial charge in [0.1, 0.15) is 5.82 Å². The molecule has 2 fully saturated rings. The molecule has 1 aromatic carbocycles. The van der Waals surface area contributed by atoms with Crippen LogP contribution in [0.25, 0.3) is 0 Å². The number of carbonyl (C=O) groups excluding carboxylic acids is 1. The highest BCUT2D eigenvalue weighted by Gasteiger charge is 2.51. The lowest BCUT2D eigenvalue weighted by Crippen LogP contribution is -2.41. The van der Waals surface area contributed by atoms with Crippen LogP contribution in [0.2, 0.25) is 0 Å². The van der Waals surface area contributed by atoms with Gasteiger partial charge in [-0.2, -0.15) is 0 Å². The molecule has 0 spiro atoms. The van der Waals surface area contributed by atoms with Crippen LogP contribution in [-0.2, 0) is 20.5 Å². The second-order valence-electron chi connectivity index (χ2n) is 8.16. The van der Waals surface area contributed by atoms with Gasteiger partial charge in [0, 0.05) is 6.04 Å². The van der Waals surface area contributed by atoms with E-state index < -0.39 is 18.3 Å². The number of carbonyl (C=O) groups is 1. The first-order chi connectivity index (χ1) is 11.7. The van der Waals surface area contributed by atoms with Crippen LogP contribution in [0.4, 0.5) is 4.39 Å². The summed E-state index contributed by atoms with van der Waals surface area (Å²) in [5.74, 6) is -0.501. The van der Waals surface area contributed by atoms with E-state index in [9.17, 15) is 9.18 Å². The van der Waals surface area contributed by atoms with Gasteiger partial charge >= 0.3 is 7.12 Å². The predicted molar refractivity (Wildman–Crippen MR) is 96.2 cm³/mol. The first-order valence-corrected chi connectivity index (χ1v) is 9.11. The Labute approximate surface area is 149 Å². The van der Waals surface area contributed by atoms with E-state index in [1.807, 2.05) is 27.7 Å². The Morgan fingerprint density at radius 2 is 1.80 bits per heavy atom. The van der Waals surface area contributed by atoms with E-state index in [0.29, 0.717) is 5.56 Å². The molecule has 1 aliphatic carbocycles. The molecule has 0 unspecified atom stereocenters. The van der Waals surface area contributed by atoms with Gasteiger partial charge in [0.05, 0.1) is 17.6 Å². The van der Waals surface area contributed by atoms with E-state index >= 15 is 0 Å². The monoisotopic (exact) mass is 347 g/mol. The van der Waals surface area contributed by atoms with Crippen molar-refractivity contribution in [2.24, 2.45) is 0 Å². The summed E-state index contributed by atoms with van der Waals surface area (Å²) >= 11 is 0. The Morgan fingerprint density at radius 3 is 2.40 bits per heavy atom. The molecule has 0 radical (unpaired) electrons. The second kappa shape index (κ2) is 6.73. The van der Waals surface area contributed by atoms with E-state index in [1.54, 1.807) is 12.1 Å². The Bertz CT molecular complexity index is 640. The number of amides is 1. The van der Waals surface area contributed by atoms with Gasteiger partial charge in [-0.15, -0.1) is 0 Å². The molecular weight excluding hydrogens is 320 g/mol. The standard InChI is InChI=1S/C19H27BFNO3/c1-18(2)19(3,4)25-20(24-18)14-9-10-16(21)13(11-14)12-17(23)22-15-7-5-6-8-15/h9-11,15H,5-8,12H2,1-4H3,(H,22,23). The van der Waals surface area contributed by atoms with Crippen molar-refractivity contribution < 1.29 is 18.5 Å². The lowest BCUT2D eigenvalue weighted by atomic mass is 9.78. The summed E-state index contributed by atoms with van der Waals surface area (Å²) in [6.45, 7) is 7.91. The summed E-state index contributed by atoms with van der Waals surface area (Å²) in [5, 5.41) is 3.00. The van der Waals surface area contributed by atoms with Gasteiger partial charge in [0.25, 0.3) is 0 Å². The number of hydrogen-bond donors (Lipinski definition) is 1. The highest BCUT2D eigenvalue weighted by molar-refractivity contribution is 6.62. The molecule has 3 rings (SSSR count).